The SMILES string of the molecule is CNC(=O)N1CCCc2ccc(NC(=O)c3ccccc3-c3ccccc3)cc21. The van der Waals surface area contributed by atoms with Crippen LogP contribution in [0.1, 0.15) is 22.3 Å². The first-order valence-electron chi connectivity index (χ1n) is 9.75. The largest absolute Gasteiger partial charge is 0.341 e. The summed E-state index contributed by atoms with van der Waals surface area (Å²) in [6, 6.07) is 23.1. The minimum Gasteiger partial charge on any atom is -0.341 e. The average Bonchev–Trinajstić information content (AvgIpc) is 2.78. The van der Waals surface area contributed by atoms with Crippen LogP contribution in [0, 0.1) is 0 Å². The summed E-state index contributed by atoms with van der Waals surface area (Å²) >= 11 is 0. The van der Waals surface area contributed by atoms with Gasteiger partial charge in [-0.25, -0.2) is 4.79 Å². The van der Waals surface area contributed by atoms with Crippen LogP contribution in [-0.4, -0.2) is 25.5 Å². The van der Waals surface area contributed by atoms with E-state index in [0.29, 0.717) is 17.8 Å². The van der Waals surface area contributed by atoms with Crippen LogP contribution in [0.3, 0.4) is 0 Å². The number of amides is 3. The molecule has 0 bridgehead atoms. The Balaban J connectivity index is 1.63. The number of aryl methyl sites for hydroxylation is 1. The Kier molecular flexibility index (Phi) is 5.29. The van der Waals surface area contributed by atoms with Crippen LogP contribution in [0.25, 0.3) is 11.1 Å². The second kappa shape index (κ2) is 8.19. The lowest BCUT2D eigenvalue weighted by atomic mass is 9.99. The first-order chi connectivity index (χ1) is 14.2. The van der Waals surface area contributed by atoms with Crippen molar-refractivity contribution in [3.63, 3.8) is 0 Å². The zero-order valence-electron chi connectivity index (χ0n) is 16.3. The van der Waals surface area contributed by atoms with Gasteiger partial charge in [-0.2, -0.15) is 0 Å². The highest BCUT2D eigenvalue weighted by Gasteiger charge is 2.22. The highest BCUT2D eigenvalue weighted by atomic mass is 16.2. The summed E-state index contributed by atoms with van der Waals surface area (Å²) in [5.74, 6) is -0.174. The van der Waals surface area contributed by atoms with E-state index in [1.807, 2.05) is 72.8 Å². The van der Waals surface area contributed by atoms with Gasteiger partial charge < -0.3 is 10.6 Å². The van der Waals surface area contributed by atoms with Crippen LogP contribution >= 0.6 is 0 Å². The summed E-state index contributed by atoms with van der Waals surface area (Å²) in [6.45, 7) is 0.668. The van der Waals surface area contributed by atoms with Gasteiger partial charge in [0.25, 0.3) is 5.91 Å². The van der Waals surface area contributed by atoms with E-state index < -0.39 is 0 Å². The normalized spacial score (nSPS) is 12.8. The number of hydrogen-bond donors (Lipinski definition) is 2. The van der Waals surface area contributed by atoms with Crippen molar-refractivity contribution < 1.29 is 9.59 Å². The molecule has 146 valence electrons. The van der Waals surface area contributed by atoms with E-state index in [9.17, 15) is 9.59 Å². The molecule has 1 heterocycles. The van der Waals surface area contributed by atoms with E-state index >= 15 is 0 Å². The summed E-state index contributed by atoms with van der Waals surface area (Å²) in [5, 5.41) is 5.69. The first-order valence-corrected chi connectivity index (χ1v) is 9.75. The van der Waals surface area contributed by atoms with Gasteiger partial charge in [0.1, 0.15) is 0 Å². The van der Waals surface area contributed by atoms with E-state index in [1.54, 1.807) is 11.9 Å². The zero-order chi connectivity index (χ0) is 20.2. The topological polar surface area (TPSA) is 61.4 Å². The highest BCUT2D eigenvalue weighted by molar-refractivity contribution is 6.09. The fourth-order valence-corrected chi connectivity index (χ4v) is 3.75. The van der Waals surface area contributed by atoms with Crippen LogP contribution in [0.4, 0.5) is 16.2 Å². The third kappa shape index (κ3) is 3.85. The Morgan fingerprint density at radius 3 is 2.48 bits per heavy atom. The fourth-order valence-electron chi connectivity index (χ4n) is 3.75. The van der Waals surface area contributed by atoms with Gasteiger partial charge in [0, 0.05) is 24.8 Å². The molecule has 3 aromatic rings. The van der Waals surface area contributed by atoms with Gasteiger partial charge in [-0.05, 0) is 47.7 Å². The maximum absolute atomic E-state index is 13.0. The highest BCUT2D eigenvalue weighted by Crippen LogP contribution is 2.31. The van der Waals surface area contributed by atoms with Gasteiger partial charge in [-0.15, -0.1) is 0 Å². The Bertz CT molecular complexity index is 1050. The van der Waals surface area contributed by atoms with Crippen molar-refractivity contribution in [1.82, 2.24) is 5.32 Å². The standard InChI is InChI=1S/C24H23N3O2/c1-25-24(29)27-15-7-10-18-13-14-19(16-22(18)27)26-23(28)21-12-6-5-11-20(21)17-8-3-2-4-9-17/h2-6,8-9,11-14,16H,7,10,15H2,1H3,(H,25,29)(H,26,28). The molecule has 5 nitrogen and oxygen atoms in total. The fraction of sp³-hybridized carbons (Fsp3) is 0.167. The maximum Gasteiger partial charge on any atom is 0.321 e. The molecule has 5 heteroatoms. The molecule has 2 N–H and O–H groups in total. The van der Waals surface area contributed by atoms with Crippen molar-refractivity contribution in [2.45, 2.75) is 12.8 Å². The van der Waals surface area contributed by atoms with Crippen molar-refractivity contribution in [2.24, 2.45) is 0 Å². The Hall–Kier alpha value is -3.60. The molecule has 0 aromatic heterocycles. The molecule has 0 unspecified atom stereocenters. The van der Waals surface area contributed by atoms with Gasteiger partial charge in [0.15, 0.2) is 0 Å². The molecule has 0 spiro atoms. The number of anilines is 2. The smallest absolute Gasteiger partial charge is 0.321 e. The second-order valence-electron chi connectivity index (χ2n) is 7.02. The summed E-state index contributed by atoms with van der Waals surface area (Å²) < 4.78 is 0. The molecule has 1 aliphatic heterocycles. The Morgan fingerprint density at radius 1 is 0.931 bits per heavy atom. The van der Waals surface area contributed by atoms with Gasteiger partial charge >= 0.3 is 6.03 Å². The number of rotatable bonds is 3. The molecular weight excluding hydrogens is 362 g/mol. The number of carbonyl (C=O) groups excluding carboxylic acids is 2. The monoisotopic (exact) mass is 385 g/mol. The van der Waals surface area contributed by atoms with E-state index in [1.165, 1.54) is 0 Å². The minimum absolute atomic E-state index is 0.135. The average molecular weight is 385 g/mol. The van der Waals surface area contributed by atoms with Crippen LogP contribution in [0.5, 0.6) is 0 Å². The van der Waals surface area contributed by atoms with E-state index in [4.69, 9.17) is 0 Å². The molecule has 29 heavy (non-hydrogen) atoms. The van der Waals surface area contributed by atoms with Crippen molar-refractivity contribution in [2.75, 3.05) is 23.8 Å². The zero-order valence-corrected chi connectivity index (χ0v) is 16.3. The number of urea groups is 1. The third-order valence-corrected chi connectivity index (χ3v) is 5.18. The number of carbonyl (C=O) groups is 2. The lowest BCUT2D eigenvalue weighted by Crippen LogP contribution is -2.41. The lowest BCUT2D eigenvalue weighted by molar-refractivity contribution is 0.102. The molecule has 0 aliphatic carbocycles. The molecule has 3 amide bonds. The van der Waals surface area contributed by atoms with Crippen LogP contribution < -0.4 is 15.5 Å². The summed E-state index contributed by atoms with van der Waals surface area (Å²) in [6.07, 6.45) is 1.85. The minimum atomic E-state index is -0.174. The predicted molar refractivity (Wildman–Crippen MR) is 116 cm³/mol. The Morgan fingerprint density at radius 2 is 1.69 bits per heavy atom. The maximum atomic E-state index is 13.0. The number of fused-ring (bicyclic) bond motifs is 1. The quantitative estimate of drug-likeness (QED) is 0.687. The van der Waals surface area contributed by atoms with E-state index in [-0.39, 0.29) is 11.9 Å². The molecule has 3 aromatic carbocycles. The molecular formula is C24H23N3O2. The van der Waals surface area contributed by atoms with Crippen LogP contribution in [-0.2, 0) is 6.42 Å². The lowest BCUT2D eigenvalue weighted by Gasteiger charge is -2.29. The summed E-state index contributed by atoms with van der Waals surface area (Å²) in [4.78, 5) is 27.0. The molecule has 0 saturated heterocycles. The molecule has 0 fully saturated rings. The van der Waals surface area contributed by atoms with Gasteiger partial charge in [-0.3, -0.25) is 9.69 Å². The molecule has 0 atom stereocenters. The summed E-state index contributed by atoms with van der Waals surface area (Å²) in [7, 11) is 1.63. The number of benzene rings is 3. The van der Waals surface area contributed by atoms with Crippen molar-refractivity contribution in [1.29, 1.82) is 0 Å². The van der Waals surface area contributed by atoms with Crippen molar-refractivity contribution in [3.05, 3.63) is 83.9 Å². The molecule has 1 aliphatic rings. The molecule has 0 saturated carbocycles. The number of hydrogen-bond acceptors (Lipinski definition) is 2. The first kappa shape index (κ1) is 18.7. The van der Waals surface area contributed by atoms with E-state index in [0.717, 1.165) is 35.2 Å². The second-order valence-corrected chi connectivity index (χ2v) is 7.02. The van der Waals surface area contributed by atoms with Gasteiger partial charge in [0.2, 0.25) is 0 Å². The van der Waals surface area contributed by atoms with E-state index in [2.05, 4.69) is 10.6 Å². The Labute approximate surface area is 170 Å². The van der Waals surface area contributed by atoms with Crippen LogP contribution in [0.15, 0.2) is 72.8 Å². The summed E-state index contributed by atoms with van der Waals surface area (Å²) in [5.41, 5.74) is 5.13. The van der Waals surface area contributed by atoms with Gasteiger partial charge in [0.05, 0.1) is 5.69 Å². The van der Waals surface area contributed by atoms with Gasteiger partial charge in [-0.1, -0.05) is 54.6 Å². The van der Waals surface area contributed by atoms with Crippen molar-refractivity contribution >= 4 is 23.3 Å². The number of nitrogens with one attached hydrogen (secondary N) is 2. The van der Waals surface area contributed by atoms with Crippen molar-refractivity contribution in [3.8, 4) is 11.1 Å². The molecule has 0 radical (unpaired) electrons. The number of nitrogens with zero attached hydrogens (tertiary/aromatic N) is 1. The predicted octanol–water partition coefficient (Wildman–Crippen LogP) is 4.70. The van der Waals surface area contributed by atoms with Crippen LogP contribution in [0.2, 0.25) is 0 Å². The third-order valence-electron chi connectivity index (χ3n) is 5.18. The molecule has 4 rings (SSSR count).